The summed E-state index contributed by atoms with van der Waals surface area (Å²) in [4.78, 5) is 0. The lowest BCUT2D eigenvalue weighted by Gasteiger charge is -2.60. The summed E-state index contributed by atoms with van der Waals surface area (Å²) in [5.41, 5.74) is 0.0508. The SMILES string of the molecule is [2H][13C]([2H])([2H])[C@]1(O)C(O)C[C@H]2[C@@H]3CC[C@H]4Cc5[nH]ncc5C[C@]4(C)[C@H]3CC[C@@]21C. The molecule has 4 nitrogen and oxygen atoms in total. The highest BCUT2D eigenvalue weighted by Gasteiger charge is 2.66. The van der Waals surface area contributed by atoms with E-state index in [1.807, 2.05) is 13.1 Å². The Labute approximate surface area is 154 Å². The average Bonchev–Trinajstić information content (AvgIpc) is 3.13. The van der Waals surface area contributed by atoms with Gasteiger partial charge in [-0.05, 0) is 86.4 Å². The smallest absolute Gasteiger partial charge is 0.0933 e. The van der Waals surface area contributed by atoms with Crippen LogP contribution in [-0.2, 0) is 12.8 Å². The summed E-state index contributed by atoms with van der Waals surface area (Å²) in [5.74, 6) is 1.58. The standard InChI is InChI=1S/C21H32N2O2/c1-19-10-12-11-22-23-17(12)8-13(19)4-5-14-15(19)6-7-20(2)16(14)9-18(24)21(20,3)25/h11,13-16,18,24-25H,4-10H2,1-3H3,(H,22,23)/t13-,14+,15-,16-,18?,19-,20-,21-/m0/s1/i3+1D3. The Balaban J connectivity index is 1.51. The molecule has 3 fully saturated rings. The van der Waals surface area contributed by atoms with Crippen LogP contribution >= 0.6 is 0 Å². The van der Waals surface area contributed by atoms with E-state index in [2.05, 4.69) is 17.1 Å². The van der Waals surface area contributed by atoms with Crippen LogP contribution in [0.1, 0.15) is 68.2 Å². The van der Waals surface area contributed by atoms with Crippen molar-refractivity contribution in [3.05, 3.63) is 17.5 Å². The number of aromatic nitrogens is 2. The summed E-state index contributed by atoms with van der Waals surface area (Å²) >= 11 is 0. The van der Waals surface area contributed by atoms with Crippen LogP contribution < -0.4 is 0 Å². The van der Waals surface area contributed by atoms with Crippen molar-refractivity contribution in [2.24, 2.45) is 34.5 Å². The molecule has 5 rings (SSSR count). The average molecular weight is 349 g/mol. The molecule has 0 radical (unpaired) electrons. The second kappa shape index (κ2) is 4.89. The molecule has 0 spiro atoms. The number of aliphatic hydroxyl groups is 2. The van der Waals surface area contributed by atoms with Crippen LogP contribution in [-0.4, -0.2) is 32.1 Å². The number of aromatic amines is 1. The minimum atomic E-state index is -2.57. The highest BCUT2D eigenvalue weighted by molar-refractivity contribution is 5.26. The third-order valence-corrected chi connectivity index (χ3v) is 9.11. The highest BCUT2D eigenvalue weighted by Crippen LogP contribution is 2.67. The Morgan fingerprint density at radius 3 is 2.92 bits per heavy atom. The van der Waals surface area contributed by atoms with Gasteiger partial charge in [0.25, 0.3) is 0 Å². The van der Waals surface area contributed by atoms with Crippen molar-refractivity contribution in [3.63, 3.8) is 0 Å². The molecule has 25 heavy (non-hydrogen) atoms. The van der Waals surface area contributed by atoms with E-state index in [9.17, 15) is 10.2 Å². The van der Waals surface area contributed by atoms with Gasteiger partial charge in [0.2, 0.25) is 0 Å². The van der Waals surface area contributed by atoms with Crippen LogP contribution in [0.4, 0.5) is 0 Å². The minimum absolute atomic E-state index is 0.0650. The van der Waals surface area contributed by atoms with Crippen LogP contribution in [0.25, 0.3) is 0 Å². The molecule has 1 unspecified atom stereocenters. The summed E-state index contributed by atoms with van der Waals surface area (Å²) in [6.45, 7) is 1.79. The molecule has 3 saturated carbocycles. The van der Waals surface area contributed by atoms with Crippen molar-refractivity contribution in [2.45, 2.75) is 77.4 Å². The van der Waals surface area contributed by atoms with Gasteiger partial charge >= 0.3 is 0 Å². The van der Waals surface area contributed by atoms with Crippen LogP contribution in [0, 0.1) is 34.5 Å². The first kappa shape index (κ1) is 13.3. The summed E-state index contributed by atoms with van der Waals surface area (Å²) in [7, 11) is 0. The first-order valence-electron chi connectivity index (χ1n) is 11.4. The van der Waals surface area contributed by atoms with E-state index >= 15 is 0 Å². The Morgan fingerprint density at radius 1 is 1.28 bits per heavy atom. The van der Waals surface area contributed by atoms with Gasteiger partial charge in [0, 0.05) is 15.2 Å². The molecule has 0 aromatic carbocycles. The molecule has 4 heteroatoms. The summed E-state index contributed by atoms with van der Waals surface area (Å²) < 4.78 is 24.0. The van der Waals surface area contributed by atoms with Crippen LogP contribution in [0.2, 0.25) is 0 Å². The van der Waals surface area contributed by atoms with Crippen LogP contribution in [0.15, 0.2) is 6.20 Å². The summed E-state index contributed by atoms with van der Waals surface area (Å²) in [5, 5.41) is 29.5. The lowest BCUT2D eigenvalue weighted by Crippen LogP contribution is -2.57. The Kier molecular flexibility index (Phi) is 2.61. The number of fused-ring (bicyclic) bond motifs is 6. The van der Waals surface area contributed by atoms with E-state index in [4.69, 9.17) is 4.11 Å². The number of aliphatic hydroxyl groups excluding tert-OH is 1. The quantitative estimate of drug-likeness (QED) is 0.631. The Hall–Kier alpha value is -0.870. The van der Waals surface area contributed by atoms with E-state index in [0.717, 1.165) is 32.1 Å². The predicted molar refractivity (Wildman–Crippen MR) is 95.9 cm³/mol. The van der Waals surface area contributed by atoms with Gasteiger partial charge in [-0.25, -0.2) is 0 Å². The van der Waals surface area contributed by atoms with Crippen LogP contribution in [0.3, 0.4) is 0 Å². The normalized spacial score (nSPS) is 56.6. The molecule has 0 amide bonds. The number of rotatable bonds is 0. The highest BCUT2D eigenvalue weighted by atomic mass is 16.3. The monoisotopic (exact) mass is 348 g/mol. The number of hydrogen-bond donors (Lipinski definition) is 3. The zero-order chi connectivity index (χ0) is 20.1. The number of nitrogens with one attached hydrogen (secondary N) is 1. The second-order valence-electron chi connectivity index (χ2n) is 9.89. The second-order valence-corrected chi connectivity index (χ2v) is 9.89. The van der Waals surface area contributed by atoms with Gasteiger partial charge in [-0.2, -0.15) is 5.10 Å². The van der Waals surface area contributed by atoms with E-state index in [-0.39, 0.29) is 11.3 Å². The number of nitrogens with zero attached hydrogens (tertiary/aromatic N) is 1. The fraction of sp³-hybridized carbons (Fsp3) is 0.857. The van der Waals surface area contributed by atoms with Crippen molar-refractivity contribution in [1.29, 1.82) is 0 Å². The van der Waals surface area contributed by atoms with Crippen molar-refractivity contribution >= 4 is 0 Å². The number of hydrogen-bond acceptors (Lipinski definition) is 3. The molecule has 138 valence electrons. The minimum Gasteiger partial charge on any atom is -0.390 e. The van der Waals surface area contributed by atoms with Crippen LogP contribution in [0.5, 0.6) is 0 Å². The molecular weight excluding hydrogens is 313 g/mol. The molecule has 1 aromatic rings. The van der Waals surface area contributed by atoms with Gasteiger partial charge in [-0.1, -0.05) is 13.8 Å². The molecule has 0 aliphatic heterocycles. The molecule has 1 aromatic heterocycles. The maximum Gasteiger partial charge on any atom is 0.0933 e. The molecular formula is C21H32N2O2. The maximum atomic E-state index is 11.3. The third-order valence-electron chi connectivity index (χ3n) is 9.11. The summed E-state index contributed by atoms with van der Waals surface area (Å²) in [6.07, 6.45) is 7.09. The van der Waals surface area contributed by atoms with E-state index < -0.39 is 24.0 Å². The van der Waals surface area contributed by atoms with E-state index in [1.165, 1.54) is 11.3 Å². The van der Waals surface area contributed by atoms with E-state index in [1.54, 1.807) is 0 Å². The maximum absolute atomic E-state index is 11.3. The first-order valence-corrected chi connectivity index (χ1v) is 9.94. The van der Waals surface area contributed by atoms with Crippen molar-refractivity contribution in [3.8, 4) is 0 Å². The van der Waals surface area contributed by atoms with Gasteiger partial charge in [0.05, 0.1) is 17.9 Å². The van der Waals surface area contributed by atoms with Gasteiger partial charge in [0.1, 0.15) is 0 Å². The molecule has 4 aliphatic carbocycles. The predicted octanol–water partition coefficient (Wildman–Crippen LogP) is 3.09. The topological polar surface area (TPSA) is 69.1 Å². The molecule has 0 saturated heterocycles. The zero-order valence-electron chi connectivity index (χ0n) is 18.3. The van der Waals surface area contributed by atoms with E-state index in [0.29, 0.717) is 30.6 Å². The molecule has 0 bridgehead atoms. The molecule has 8 atom stereocenters. The Bertz CT molecular complexity index is 795. The van der Waals surface area contributed by atoms with Gasteiger partial charge in [-0.15, -0.1) is 0 Å². The molecule has 1 heterocycles. The van der Waals surface area contributed by atoms with Crippen molar-refractivity contribution < 1.29 is 14.3 Å². The number of H-pyrrole nitrogens is 1. The van der Waals surface area contributed by atoms with Gasteiger partial charge in [-0.3, -0.25) is 5.10 Å². The first-order chi connectivity index (χ1) is 13.0. The molecule has 3 N–H and O–H groups in total. The molecule has 4 aliphatic rings. The van der Waals surface area contributed by atoms with Gasteiger partial charge in [0.15, 0.2) is 0 Å². The third kappa shape index (κ3) is 1.88. The lowest BCUT2D eigenvalue weighted by molar-refractivity contribution is -0.155. The fourth-order valence-electron chi connectivity index (χ4n) is 7.49. The zero-order valence-corrected chi connectivity index (χ0v) is 15.3. The van der Waals surface area contributed by atoms with Gasteiger partial charge < -0.3 is 10.2 Å². The largest absolute Gasteiger partial charge is 0.390 e. The lowest BCUT2D eigenvalue weighted by atomic mass is 9.45. The Morgan fingerprint density at radius 2 is 2.12 bits per heavy atom. The fourth-order valence-corrected chi connectivity index (χ4v) is 7.49. The summed E-state index contributed by atoms with van der Waals surface area (Å²) in [6, 6.07) is 0. The van der Waals surface area contributed by atoms with Crippen molar-refractivity contribution in [2.75, 3.05) is 0 Å². The van der Waals surface area contributed by atoms with Crippen molar-refractivity contribution in [1.82, 2.24) is 10.2 Å².